The van der Waals surface area contributed by atoms with Crippen LogP contribution >= 0.6 is 0 Å². The Morgan fingerprint density at radius 2 is 2.00 bits per heavy atom. The van der Waals surface area contributed by atoms with Crippen LogP contribution in [-0.4, -0.2) is 18.8 Å². The molecule has 2 aliphatic heterocycles. The van der Waals surface area contributed by atoms with Crippen LogP contribution in [0.25, 0.3) is 0 Å². The molecule has 2 heteroatoms. The summed E-state index contributed by atoms with van der Waals surface area (Å²) in [4.78, 5) is 0. The van der Waals surface area contributed by atoms with Gasteiger partial charge in [0.2, 0.25) is 0 Å². The molecule has 1 saturated carbocycles. The van der Waals surface area contributed by atoms with Gasteiger partial charge < -0.3 is 10.1 Å². The first kappa shape index (κ1) is 9.95. The topological polar surface area (TPSA) is 21.3 Å². The summed E-state index contributed by atoms with van der Waals surface area (Å²) in [5.41, 5.74) is 3.02. The van der Waals surface area contributed by atoms with Crippen LogP contribution in [0.1, 0.15) is 37.2 Å². The number of para-hydroxylation sites is 1. The average molecular weight is 229 g/mol. The number of hydrogen-bond donors (Lipinski definition) is 1. The molecule has 1 aliphatic carbocycles. The van der Waals surface area contributed by atoms with Crippen molar-refractivity contribution in [1.82, 2.24) is 0 Å². The van der Waals surface area contributed by atoms with Crippen molar-refractivity contribution in [2.75, 3.05) is 18.5 Å². The Kier molecular flexibility index (Phi) is 2.04. The number of nitrogens with one attached hydrogen (secondary N) is 1. The Labute approximate surface area is 102 Å². The van der Waals surface area contributed by atoms with Crippen LogP contribution in [0.3, 0.4) is 0 Å². The number of ether oxygens (including phenoxy) is 1. The number of rotatable bonds is 0. The summed E-state index contributed by atoms with van der Waals surface area (Å²) >= 11 is 0. The third-order valence-corrected chi connectivity index (χ3v) is 4.92. The molecule has 0 amide bonds. The van der Waals surface area contributed by atoms with Crippen molar-refractivity contribution in [3.05, 3.63) is 29.8 Å². The number of benzene rings is 1. The van der Waals surface area contributed by atoms with Gasteiger partial charge in [-0.1, -0.05) is 31.0 Å². The van der Waals surface area contributed by atoms with E-state index < -0.39 is 0 Å². The normalized spacial score (nSPS) is 33.2. The SMILES string of the molecule is c1ccc2c(c1)NCC1COC3(CCCC3)C21. The van der Waals surface area contributed by atoms with Gasteiger partial charge in [-0.25, -0.2) is 0 Å². The fraction of sp³-hybridized carbons (Fsp3) is 0.600. The Morgan fingerprint density at radius 3 is 2.88 bits per heavy atom. The summed E-state index contributed by atoms with van der Waals surface area (Å²) < 4.78 is 6.27. The van der Waals surface area contributed by atoms with Crippen LogP contribution in [0.4, 0.5) is 5.69 Å². The highest BCUT2D eigenvalue weighted by molar-refractivity contribution is 5.56. The molecular formula is C15H19NO. The standard InChI is InChI=1S/C15H19NO/c1-2-6-13-12(5-1)14-11(9-16-13)10-17-15(14)7-3-4-8-15/h1-2,5-6,11,14,16H,3-4,7-10H2. The van der Waals surface area contributed by atoms with E-state index in [9.17, 15) is 0 Å². The maximum atomic E-state index is 6.27. The van der Waals surface area contributed by atoms with E-state index in [1.165, 1.54) is 36.9 Å². The fourth-order valence-electron chi connectivity index (χ4n) is 4.20. The van der Waals surface area contributed by atoms with Gasteiger partial charge in [0.05, 0.1) is 12.2 Å². The van der Waals surface area contributed by atoms with Gasteiger partial charge in [-0.3, -0.25) is 0 Å². The average Bonchev–Trinajstić information content (AvgIpc) is 2.99. The molecule has 90 valence electrons. The lowest BCUT2D eigenvalue weighted by Crippen LogP contribution is -2.36. The lowest BCUT2D eigenvalue weighted by Gasteiger charge is -2.37. The highest BCUT2D eigenvalue weighted by Gasteiger charge is 2.53. The van der Waals surface area contributed by atoms with Gasteiger partial charge in [0.25, 0.3) is 0 Å². The minimum atomic E-state index is 0.183. The van der Waals surface area contributed by atoms with E-state index in [4.69, 9.17) is 4.74 Å². The van der Waals surface area contributed by atoms with Crippen LogP contribution in [0.15, 0.2) is 24.3 Å². The molecule has 3 aliphatic rings. The van der Waals surface area contributed by atoms with Gasteiger partial charge in [-0.15, -0.1) is 0 Å². The molecule has 2 fully saturated rings. The molecule has 2 heterocycles. The molecule has 0 radical (unpaired) electrons. The zero-order chi connectivity index (χ0) is 11.3. The number of hydrogen-bond acceptors (Lipinski definition) is 2. The minimum absolute atomic E-state index is 0.183. The van der Waals surface area contributed by atoms with Crippen molar-refractivity contribution < 1.29 is 4.74 Å². The molecule has 2 unspecified atom stereocenters. The van der Waals surface area contributed by atoms with Crippen molar-refractivity contribution in [3.8, 4) is 0 Å². The quantitative estimate of drug-likeness (QED) is 0.738. The lowest BCUT2D eigenvalue weighted by atomic mass is 9.73. The van der Waals surface area contributed by atoms with E-state index in [-0.39, 0.29) is 5.60 Å². The molecule has 1 saturated heterocycles. The smallest absolute Gasteiger partial charge is 0.0755 e. The molecule has 1 aromatic carbocycles. The molecule has 2 nitrogen and oxygen atoms in total. The fourth-order valence-corrected chi connectivity index (χ4v) is 4.20. The van der Waals surface area contributed by atoms with Crippen molar-refractivity contribution >= 4 is 5.69 Å². The van der Waals surface area contributed by atoms with Gasteiger partial charge in [0.15, 0.2) is 0 Å². The highest BCUT2D eigenvalue weighted by atomic mass is 16.5. The zero-order valence-electron chi connectivity index (χ0n) is 10.1. The summed E-state index contributed by atoms with van der Waals surface area (Å²) in [6, 6.07) is 8.81. The minimum Gasteiger partial charge on any atom is -0.384 e. The monoisotopic (exact) mass is 229 g/mol. The van der Waals surface area contributed by atoms with Crippen LogP contribution in [0.2, 0.25) is 0 Å². The first-order chi connectivity index (χ1) is 8.39. The summed E-state index contributed by atoms with van der Waals surface area (Å²) in [5.74, 6) is 1.32. The van der Waals surface area contributed by atoms with E-state index in [0.29, 0.717) is 11.8 Å². The maximum Gasteiger partial charge on any atom is 0.0755 e. The second-order valence-corrected chi connectivity index (χ2v) is 5.79. The van der Waals surface area contributed by atoms with E-state index in [0.717, 1.165) is 13.2 Å². The molecule has 17 heavy (non-hydrogen) atoms. The van der Waals surface area contributed by atoms with Gasteiger partial charge in [-0.2, -0.15) is 0 Å². The summed E-state index contributed by atoms with van der Waals surface area (Å²) in [6.45, 7) is 2.04. The van der Waals surface area contributed by atoms with Crippen molar-refractivity contribution in [2.24, 2.45) is 5.92 Å². The third kappa shape index (κ3) is 1.30. The molecule has 4 rings (SSSR count). The molecular weight excluding hydrogens is 210 g/mol. The Balaban J connectivity index is 1.82. The second kappa shape index (κ2) is 3.49. The Bertz CT molecular complexity index is 436. The van der Waals surface area contributed by atoms with Gasteiger partial charge in [-0.05, 0) is 24.5 Å². The van der Waals surface area contributed by atoms with Gasteiger partial charge in [0, 0.05) is 24.1 Å². The second-order valence-electron chi connectivity index (χ2n) is 5.79. The van der Waals surface area contributed by atoms with E-state index in [1.54, 1.807) is 0 Å². The molecule has 1 N–H and O–H groups in total. The van der Waals surface area contributed by atoms with Crippen LogP contribution < -0.4 is 5.32 Å². The summed E-state index contributed by atoms with van der Waals surface area (Å²) in [5, 5.41) is 3.56. The van der Waals surface area contributed by atoms with Gasteiger partial charge >= 0.3 is 0 Å². The number of anilines is 1. The first-order valence-corrected chi connectivity index (χ1v) is 6.86. The molecule has 2 atom stereocenters. The summed E-state index contributed by atoms with van der Waals surface area (Å²) in [7, 11) is 0. The Hall–Kier alpha value is -1.02. The lowest BCUT2D eigenvalue weighted by molar-refractivity contribution is 0.000550. The van der Waals surface area contributed by atoms with Crippen molar-refractivity contribution in [2.45, 2.75) is 37.2 Å². The summed E-state index contributed by atoms with van der Waals surface area (Å²) in [6.07, 6.45) is 5.22. The maximum absolute atomic E-state index is 6.27. The highest BCUT2D eigenvalue weighted by Crippen LogP contribution is 2.55. The van der Waals surface area contributed by atoms with Crippen molar-refractivity contribution in [3.63, 3.8) is 0 Å². The van der Waals surface area contributed by atoms with Crippen molar-refractivity contribution in [1.29, 1.82) is 0 Å². The molecule has 1 spiro atoms. The van der Waals surface area contributed by atoms with E-state index >= 15 is 0 Å². The van der Waals surface area contributed by atoms with Gasteiger partial charge in [0.1, 0.15) is 0 Å². The molecule has 0 aromatic heterocycles. The predicted octanol–water partition coefficient (Wildman–Crippen LogP) is 3.15. The molecule has 0 bridgehead atoms. The Morgan fingerprint density at radius 1 is 1.18 bits per heavy atom. The van der Waals surface area contributed by atoms with Crippen LogP contribution in [0, 0.1) is 5.92 Å². The van der Waals surface area contributed by atoms with E-state index in [1.807, 2.05) is 0 Å². The largest absolute Gasteiger partial charge is 0.384 e. The van der Waals surface area contributed by atoms with Crippen LogP contribution in [-0.2, 0) is 4.74 Å². The first-order valence-electron chi connectivity index (χ1n) is 6.86. The van der Waals surface area contributed by atoms with E-state index in [2.05, 4.69) is 29.6 Å². The third-order valence-electron chi connectivity index (χ3n) is 4.92. The van der Waals surface area contributed by atoms with Crippen LogP contribution in [0.5, 0.6) is 0 Å². The number of fused-ring (bicyclic) bond motifs is 4. The predicted molar refractivity (Wildman–Crippen MR) is 68.3 cm³/mol. The molecule has 1 aromatic rings. The zero-order valence-corrected chi connectivity index (χ0v) is 10.1.